The molecule has 1 aromatic carbocycles. The smallest absolute Gasteiger partial charge is 0.0375 e. The Balaban J connectivity index is 2.25. The van der Waals surface area contributed by atoms with Crippen LogP contribution >= 0.6 is 0 Å². The standard InChI is InChI=1S/C19H26N2/c1-5-9-21-19(17-8-10-20-16(4)12-17)13-18-11-14(2)6-7-15(18)3/h6-8,10-12,19,21H,5,9,13H2,1-4H3. The summed E-state index contributed by atoms with van der Waals surface area (Å²) in [6, 6.07) is 11.4. The molecule has 0 saturated carbocycles. The SMILES string of the molecule is CCCNC(Cc1cc(C)ccc1C)c1ccnc(C)c1. The van der Waals surface area contributed by atoms with E-state index in [0.29, 0.717) is 6.04 Å². The van der Waals surface area contributed by atoms with Gasteiger partial charge in [0, 0.05) is 17.9 Å². The van der Waals surface area contributed by atoms with E-state index in [1.807, 2.05) is 6.20 Å². The Kier molecular flexibility index (Phi) is 5.51. The van der Waals surface area contributed by atoms with E-state index in [-0.39, 0.29) is 0 Å². The first-order valence-electron chi connectivity index (χ1n) is 7.82. The molecule has 21 heavy (non-hydrogen) atoms. The fourth-order valence-electron chi connectivity index (χ4n) is 2.65. The van der Waals surface area contributed by atoms with Gasteiger partial charge in [-0.3, -0.25) is 4.98 Å². The molecule has 0 aliphatic carbocycles. The van der Waals surface area contributed by atoms with Gasteiger partial charge in [0.15, 0.2) is 0 Å². The number of pyridine rings is 1. The third-order valence-electron chi connectivity index (χ3n) is 3.89. The number of benzene rings is 1. The summed E-state index contributed by atoms with van der Waals surface area (Å²) in [5, 5.41) is 3.68. The van der Waals surface area contributed by atoms with Crippen molar-refractivity contribution in [2.75, 3.05) is 6.54 Å². The van der Waals surface area contributed by atoms with Gasteiger partial charge in [0.1, 0.15) is 0 Å². The molecule has 1 heterocycles. The van der Waals surface area contributed by atoms with Crippen molar-refractivity contribution in [3.63, 3.8) is 0 Å². The second-order valence-electron chi connectivity index (χ2n) is 5.87. The maximum atomic E-state index is 4.31. The third kappa shape index (κ3) is 4.40. The van der Waals surface area contributed by atoms with E-state index in [9.17, 15) is 0 Å². The van der Waals surface area contributed by atoms with Crippen LogP contribution in [0.15, 0.2) is 36.5 Å². The molecule has 2 heteroatoms. The first kappa shape index (κ1) is 15.7. The summed E-state index contributed by atoms with van der Waals surface area (Å²) < 4.78 is 0. The van der Waals surface area contributed by atoms with Gasteiger partial charge in [0.05, 0.1) is 0 Å². The van der Waals surface area contributed by atoms with Crippen molar-refractivity contribution in [3.05, 3.63) is 64.5 Å². The van der Waals surface area contributed by atoms with E-state index < -0.39 is 0 Å². The molecule has 0 spiro atoms. The molecule has 1 atom stereocenters. The topological polar surface area (TPSA) is 24.9 Å². The van der Waals surface area contributed by atoms with Crippen molar-refractivity contribution in [2.45, 2.75) is 46.6 Å². The maximum Gasteiger partial charge on any atom is 0.0375 e. The molecular weight excluding hydrogens is 256 g/mol. The highest BCUT2D eigenvalue weighted by atomic mass is 14.9. The van der Waals surface area contributed by atoms with E-state index >= 15 is 0 Å². The third-order valence-corrected chi connectivity index (χ3v) is 3.89. The molecule has 0 aliphatic heterocycles. The summed E-state index contributed by atoms with van der Waals surface area (Å²) in [6.45, 7) is 9.66. The van der Waals surface area contributed by atoms with Crippen LogP contribution in [0.3, 0.4) is 0 Å². The predicted molar refractivity (Wildman–Crippen MR) is 89.6 cm³/mol. The van der Waals surface area contributed by atoms with Crippen molar-refractivity contribution >= 4 is 0 Å². The number of aryl methyl sites for hydroxylation is 3. The van der Waals surface area contributed by atoms with Gasteiger partial charge in [-0.05, 0) is 69.0 Å². The lowest BCUT2D eigenvalue weighted by atomic mass is 9.95. The molecule has 0 saturated heterocycles. The second-order valence-corrected chi connectivity index (χ2v) is 5.87. The number of hydrogen-bond donors (Lipinski definition) is 1. The predicted octanol–water partition coefficient (Wildman–Crippen LogP) is 4.29. The highest BCUT2D eigenvalue weighted by molar-refractivity contribution is 5.33. The molecule has 0 radical (unpaired) electrons. The average Bonchev–Trinajstić information content (AvgIpc) is 2.47. The minimum atomic E-state index is 0.354. The lowest BCUT2D eigenvalue weighted by Gasteiger charge is -2.21. The summed E-state index contributed by atoms with van der Waals surface area (Å²) in [4.78, 5) is 4.31. The van der Waals surface area contributed by atoms with Crippen LogP contribution in [0.25, 0.3) is 0 Å². The molecular formula is C19H26N2. The van der Waals surface area contributed by atoms with Crippen LogP contribution < -0.4 is 5.32 Å². The molecule has 0 fully saturated rings. The Bertz CT molecular complexity index is 590. The van der Waals surface area contributed by atoms with Crippen LogP contribution in [0.4, 0.5) is 0 Å². The Labute approximate surface area is 128 Å². The lowest BCUT2D eigenvalue weighted by Crippen LogP contribution is -2.24. The molecule has 2 nitrogen and oxygen atoms in total. The zero-order chi connectivity index (χ0) is 15.2. The van der Waals surface area contributed by atoms with E-state index in [1.165, 1.54) is 22.3 Å². The summed E-state index contributed by atoms with van der Waals surface area (Å²) >= 11 is 0. The largest absolute Gasteiger partial charge is 0.310 e. The molecule has 1 unspecified atom stereocenters. The number of nitrogens with one attached hydrogen (secondary N) is 1. The van der Waals surface area contributed by atoms with E-state index in [0.717, 1.165) is 25.1 Å². The quantitative estimate of drug-likeness (QED) is 0.855. The molecule has 1 aromatic heterocycles. The van der Waals surface area contributed by atoms with Crippen LogP contribution in [0.1, 0.15) is 47.3 Å². The summed E-state index contributed by atoms with van der Waals surface area (Å²) in [5.41, 5.74) is 6.54. The van der Waals surface area contributed by atoms with Crippen molar-refractivity contribution < 1.29 is 0 Å². The van der Waals surface area contributed by atoms with Gasteiger partial charge in [0.25, 0.3) is 0 Å². The van der Waals surface area contributed by atoms with Crippen molar-refractivity contribution in [2.24, 2.45) is 0 Å². The summed E-state index contributed by atoms with van der Waals surface area (Å²) in [7, 11) is 0. The first-order valence-corrected chi connectivity index (χ1v) is 7.82. The van der Waals surface area contributed by atoms with E-state index in [2.05, 4.69) is 68.3 Å². The van der Waals surface area contributed by atoms with E-state index in [1.54, 1.807) is 0 Å². The maximum absolute atomic E-state index is 4.31. The van der Waals surface area contributed by atoms with Gasteiger partial charge < -0.3 is 5.32 Å². The zero-order valence-electron chi connectivity index (χ0n) is 13.6. The van der Waals surface area contributed by atoms with Gasteiger partial charge in [-0.2, -0.15) is 0 Å². The lowest BCUT2D eigenvalue weighted by molar-refractivity contribution is 0.527. The fraction of sp³-hybridized carbons (Fsp3) is 0.421. The Morgan fingerprint density at radius 1 is 1.10 bits per heavy atom. The molecule has 2 aromatic rings. The minimum Gasteiger partial charge on any atom is -0.310 e. The van der Waals surface area contributed by atoms with Crippen molar-refractivity contribution in [1.29, 1.82) is 0 Å². The summed E-state index contributed by atoms with van der Waals surface area (Å²) in [5.74, 6) is 0. The fourth-order valence-corrected chi connectivity index (χ4v) is 2.65. The van der Waals surface area contributed by atoms with Crippen molar-refractivity contribution in [1.82, 2.24) is 10.3 Å². The van der Waals surface area contributed by atoms with Crippen LogP contribution in [0.2, 0.25) is 0 Å². The van der Waals surface area contributed by atoms with E-state index in [4.69, 9.17) is 0 Å². The highest BCUT2D eigenvalue weighted by Crippen LogP contribution is 2.22. The monoisotopic (exact) mass is 282 g/mol. The van der Waals surface area contributed by atoms with Crippen LogP contribution in [-0.2, 0) is 6.42 Å². The number of hydrogen-bond acceptors (Lipinski definition) is 2. The Hall–Kier alpha value is -1.67. The number of rotatable bonds is 6. The van der Waals surface area contributed by atoms with Crippen LogP contribution in [0.5, 0.6) is 0 Å². The average molecular weight is 282 g/mol. The molecule has 1 N–H and O–H groups in total. The van der Waals surface area contributed by atoms with Crippen LogP contribution in [-0.4, -0.2) is 11.5 Å². The molecule has 0 amide bonds. The second kappa shape index (κ2) is 7.37. The van der Waals surface area contributed by atoms with Gasteiger partial charge in [0.2, 0.25) is 0 Å². The first-order chi connectivity index (χ1) is 10.1. The van der Waals surface area contributed by atoms with Crippen LogP contribution in [0, 0.1) is 20.8 Å². The van der Waals surface area contributed by atoms with Gasteiger partial charge in [-0.1, -0.05) is 30.7 Å². The molecule has 2 rings (SSSR count). The van der Waals surface area contributed by atoms with Gasteiger partial charge in [-0.25, -0.2) is 0 Å². The Morgan fingerprint density at radius 2 is 1.90 bits per heavy atom. The van der Waals surface area contributed by atoms with Crippen molar-refractivity contribution in [3.8, 4) is 0 Å². The normalized spacial score (nSPS) is 12.4. The van der Waals surface area contributed by atoms with Gasteiger partial charge >= 0.3 is 0 Å². The number of aromatic nitrogens is 1. The summed E-state index contributed by atoms with van der Waals surface area (Å²) in [6.07, 6.45) is 4.08. The minimum absolute atomic E-state index is 0.354. The zero-order valence-corrected chi connectivity index (χ0v) is 13.6. The molecule has 112 valence electrons. The van der Waals surface area contributed by atoms with Gasteiger partial charge in [-0.15, -0.1) is 0 Å². The molecule has 0 aliphatic rings. The highest BCUT2D eigenvalue weighted by Gasteiger charge is 2.13. The molecule has 0 bridgehead atoms. The Morgan fingerprint density at radius 3 is 2.62 bits per heavy atom. The number of nitrogens with zero attached hydrogens (tertiary/aromatic N) is 1.